The highest BCUT2D eigenvalue weighted by atomic mass is 19.1. The van der Waals surface area contributed by atoms with Gasteiger partial charge in [-0.05, 0) is 17.7 Å². The van der Waals surface area contributed by atoms with Gasteiger partial charge >= 0.3 is 6.03 Å². The van der Waals surface area contributed by atoms with E-state index in [1.165, 1.54) is 12.1 Å². The minimum Gasteiger partial charge on any atom is -0.378 e. The van der Waals surface area contributed by atoms with Crippen LogP contribution in [0.4, 0.5) is 9.18 Å². The zero-order valence-electron chi connectivity index (χ0n) is 15.5. The second-order valence-electron chi connectivity index (χ2n) is 7.27. The predicted octanol–water partition coefficient (Wildman–Crippen LogP) is -0.168. The lowest BCUT2D eigenvalue weighted by Crippen LogP contribution is -2.70. The Balaban J connectivity index is 1.41. The number of rotatable bonds is 2. The van der Waals surface area contributed by atoms with Gasteiger partial charge in [-0.1, -0.05) is 12.1 Å². The maximum atomic E-state index is 13.1. The molecule has 2 atom stereocenters. The number of morpholine rings is 1. The number of amides is 4. The van der Waals surface area contributed by atoms with Crippen LogP contribution >= 0.6 is 0 Å². The van der Waals surface area contributed by atoms with Gasteiger partial charge in [-0.15, -0.1) is 0 Å². The van der Waals surface area contributed by atoms with Crippen molar-refractivity contribution in [3.8, 4) is 0 Å². The van der Waals surface area contributed by atoms with Gasteiger partial charge in [0.15, 0.2) is 0 Å². The molecule has 8 nitrogen and oxygen atoms in total. The summed E-state index contributed by atoms with van der Waals surface area (Å²) >= 11 is 0. The van der Waals surface area contributed by atoms with E-state index in [1.807, 2.05) is 0 Å². The van der Waals surface area contributed by atoms with Gasteiger partial charge in [0, 0.05) is 32.6 Å². The molecule has 3 aliphatic rings. The first-order valence-corrected chi connectivity index (χ1v) is 9.50. The van der Waals surface area contributed by atoms with E-state index in [0.717, 1.165) is 5.56 Å². The second-order valence-corrected chi connectivity index (χ2v) is 7.27. The number of urea groups is 1. The maximum Gasteiger partial charge on any atom is 0.320 e. The number of fused-ring (bicyclic) bond motifs is 1. The summed E-state index contributed by atoms with van der Waals surface area (Å²) < 4.78 is 18.3. The number of halogens is 1. The molecular weight excluding hydrogens is 367 g/mol. The highest BCUT2D eigenvalue weighted by molar-refractivity contribution is 5.97. The Bertz CT molecular complexity index is 766. The van der Waals surface area contributed by atoms with Gasteiger partial charge < -0.3 is 24.8 Å². The standard InChI is InChI=1S/C19H23FN4O4/c20-14-3-1-13(2-4-14)11-15-18(26)24-6-5-23(12-16(24)17(25)21-15)19(27)22-7-9-28-10-8-22/h1-4,15-16H,5-12H2,(H,21,25). The van der Waals surface area contributed by atoms with Crippen LogP contribution in [0.5, 0.6) is 0 Å². The third-order valence-electron chi connectivity index (χ3n) is 5.49. The van der Waals surface area contributed by atoms with Gasteiger partial charge in [0.25, 0.3) is 0 Å². The van der Waals surface area contributed by atoms with E-state index in [4.69, 9.17) is 4.74 Å². The van der Waals surface area contributed by atoms with Crippen LogP contribution in [0.15, 0.2) is 24.3 Å². The van der Waals surface area contributed by atoms with E-state index in [1.54, 1.807) is 26.8 Å². The summed E-state index contributed by atoms with van der Waals surface area (Å²) in [4.78, 5) is 43.1. The van der Waals surface area contributed by atoms with Crippen molar-refractivity contribution in [2.45, 2.75) is 18.5 Å². The molecule has 0 spiro atoms. The Morgan fingerprint density at radius 2 is 1.79 bits per heavy atom. The Morgan fingerprint density at radius 1 is 1.07 bits per heavy atom. The van der Waals surface area contributed by atoms with E-state index >= 15 is 0 Å². The molecule has 0 saturated carbocycles. The number of hydrogen-bond acceptors (Lipinski definition) is 4. The van der Waals surface area contributed by atoms with Gasteiger partial charge in [0.2, 0.25) is 11.8 Å². The molecule has 3 heterocycles. The average Bonchev–Trinajstić information content (AvgIpc) is 2.73. The molecular formula is C19H23FN4O4. The van der Waals surface area contributed by atoms with E-state index in [9.17, 15) is 18.8 Å². The number of nitrogens with one attached hydrogen (secondary N) is 1. The molecule has 1 aromatic carbocycles. The van der Waals surface area contributed by atoms with Gasteiger partial charge in [0.1, 0.15) is 17.9 Å². The van der Waals surface area contributed by atoms with Crippen molar-refractivity contribution in [3.05, 3.63) is 35.6 Å². The quantitative estimate of drug-likeness (QED) is 0.760. The normalized spacial score (nSPS) is 25.4. The lowest BCUT2D eigenvalue weighted by Gasteiger charge is -2.46. The SMILES string of the molecule is O=C1NC(Cc2ccc(F)cc2)C(=O)N2CCN(C(=O)N3CCOCC3)CC12. The zero-order valence-corrected chi connectivity index (χ0v) is 15.5. The van der Waals surface area contributed by atoms with Crippen LogP contribution in [0.1, 0.15) is 5.56 Å². The van der Waals surface area contributed by atoms with Crippen LogP contribution in [-0.2, 0) is 20.7 Å². The molecule has 3 saturated heterocycles. The molecule has 1 N–H and O–H groups in total. The number of nitrogens with zero attached hydrogens (tertiary/aromatic N) is 3. The molecule has 1 aromatic rings. The molecule has 150 valence electrons. The summed E-state index contributed by atoms with van der Waals surface area (Å²) in [5, 5.41) is 2.77. The number of carbonyl (C=O) groups excluding carboxylic acids is 3. The first-order chi connectivity index (χ1) is 13.5. The van der Waals surface area contributed by atoms with Crippen molar-refractivity contribution in [3.63, 3.8) is 0 Å². The van der Waals surface area contributed by atoms with Crippen molar-refractivity contribution < 1.29 is 23.5 Å². The molecule has 4 rings (SSSR count). The molecule has 9 heteroatoms. The van der Waals surface area contributed by atoms with Gasteiger partial charge in [-0.3, -0.25) is 9.59 Å². The Hall–Kier alpha value is -2.68. The Kier molecular flexibility index (Phi) is 5.17. The predicted molar refractivity (Wildman–Crippen MR) is 96.9 cm³/mol. The molecule has 2 unspecified atom stereocenters. The summed E-state index contributed by atoms with van der Waals surface area (Å²) in [6.07, 6.45) is 0.310. The molecule has 0 bridgehead atoms. The van der Waals surface area contributed by atoms with Crippen molar-refractivity contribution >= 4 is 17.8 Å². The lowest BCUT2D eigenvalue weighted by molar-refractivity contribution is -0.152. The van der Waals surface area contributed by atoms with Crippen LogP contribution in [0.2, 0.25) is 0 Å². The van der Waals surface area contributed by atoms with Crippen LogP contribution < -0.4 is 5.32 Å². The highest BCUT2D eigenvalue weighted by Gasteiger charge is 2.44. The smallest absolute Gasteiger partial charge is 0.320 e. The van der Waals surface area contributed by atoms with Gasteiger partial charge in [0.05, 0.1) is 19.8 Å². The Labute approximate surface area is 162 Å². The van der Waals surface area contributed by atoms with Gasteiger partial charge in [-0.25, -0.2) is 9.18 Å². The van der Waals surface area contributed by atoms with Crippen molar-refractivity contribution in [2.24, 2.45) is 0 Å². The number of benzene rings is 1. The molecule has 3 aliphatic heterocycles. The summed E-state index contributed by atoms with van der Waals surface area (Å²) in [5.74, 6) is -0.762. The number of carbonyl (C=O) groups is 3. The Morgan fingerprint density at radius 3 is 2.50 bits per heavy atom. The lowest BCUT2D eigenvalue weighted by atomic mass is 9.98. The van der Waals surface area contributed by atoms with Crippen LogP contribution in [0.25, 0.3) is 0 Å². The average molecular weight is 390 g/mol. The number of piperazine rings is 2. The minimum atomic E-state index is -0.671. The summed E-state index contributed by atoms with van der Waals surface area (Å²) in [6.45, 7) is 3.01. The second kappa shape index (κ2) is 7.75. The summed E-state index contributed by atoms with van der Waals surface area (Å²) in [5.41, 5.74) is 0.777. The first-order valence-electron chi connectivity index (χ1n) is 9.50. The monoisotopic (exact) mass is 390 g/mol. The molecule has 4 amide bonds. The topological polar surface area (TPSA) is 82.2 Å². The van der Waals surface area contributed by atoms with Crippen LogP contribution in [0, 0.1) is 5.82 Å². The minimum absolute atomic E-state index is 0.114. The van der Waals surface area contributed by atoms with E-state index in [0.29, 0.717) is 45.8 Å². The zero-order chi connectivity index (χ0) is 19.7. The molecule has 0 radical (unpaired) electrons. The van der Waals surface area contributed by atoms with E-state index in [-0.39, 0.29) is 30.2 Å². The number of ether oxygens (including phenoxy) is 1. The molecule has 0 aromatic heterocycles. The fraction of sp³-hybridized carbons (Fsp3) is 0.526. The fourth-order valence-corrected chi connectivity index (χ4v) is 3.92. The van der Waals surface area contributed by atoms with Crippen molar-refractivity contribution in [1.82, 2.24) is 20.0 Å². The molecule has 0 aliphatic carbocycles. The summed E-state index contributed by atoms with van der Waals surface area (Å²) in [7, 11) is 0. The van der Waals surface area contributed by atoms with Crippen LogP contribution in [0.3, 0.4) is 0 Å². The van der Waals surface area contributed by atoms with Crippen molar-refractivity contribution in [2.75, 3.05) is 45.9 Å². The van der Waals surface area contributed by atoms with E-state index in [2.05, 4.69) is 5.32 Å². The van der Waals surface area contributed by atoms with Gasteiger partial charge in [-0.2, -0.15) is 0 Å². The fourth-order valence-electron chi connectivity index (χ4n) is 3.92. The van der Waals surface area contributed by atoms with Crippen LogP contribution in [-0.4, -0.2) is 90.6 Å². The van der Waals surface area contributed by atoms with E-state index < -0.39 is 12.1 Å². The van der Waals surface area contributed by atoms with Crippen molar-refractivity contribution in [1.29, 1.82) is 0 Å². The molecule has 28 heavy (non-hydrogen) atoms. The third-order valence-corrected chi connectivity index (χ3v) is 5.49. The first kappa shape index (κ1) is 18.7. The maximum absolute atomic E-state index is 13.1. The third kappa shape index (κ3) is 3.66. The number of hydrogen-bond donors (Lipinski definition) is 1. The highest BCUT2D eigenvalue weighted by Crippen LogP contribution is 2.20. The molecule has 3 fully saturated rings. The summed E-state index contributed by atoms with van der Waals surface area (Å²) in [6, 6.07) is 4.44. The largest absolute Gasteiger partial charge is 0.378 e.